The second-order valence-electron chi connectivity index (χ2n) is 7.80. The Balaban J connectivity index is 2.09. The predicted octanol–water partition coefficient (Wildman–Crippen LogP) is 2.21. The zero-order valence-electron chi connectivity index (χ0n) is 17.2. The first-order valence-corrected chi connectivity index (χ1v) is 9.24. The second kappa shape index (κ2) is 8.95. The van der Waals surface area contributed by atoms with Gasteiger partial charge in [0.15, 0.2) is 0 Å². The average Bonchev–Trinajstić information content (AvgIpc) is 2.69. The van der Waals surface area contributed by atoms with Gasteiger partial charge in [-0.2, -0.15) is 0 Å². The fourth-order valence-electron chi connectivity index (χ4n) is 3.06. The molecule has 8 heteroatoms. The van der Waals surface area contributed by atoms with Crippen LogP contribution in [0.4, 0.5) is 10.5 Å². The summed E-state index contributed by atoms with van der Waals surface area (Å²) in [6.45, 7) is 7.58. The minimum Gasteiger partial charge on any atom is -0.467 e. The number of nitrogens with zero attached hydrogens (tertiary/aromatic N) is 2. The summed E-state index contributed by atoms with van der Waals surface area (Å²) >= 11 is 0. The van der Waals surface area contributed by atoms with Gasteiger partial charge in [0, 0.05) is 37.4 Å². The molecule has 1 unspecified atom stereocenters. The van der Waals surface area contributed by atoms with Crippen LogP contribution < -0.4 is 5.32 Å². The van der Waals surface area contributed by atoms with Crippen molar-refractivity contribution in [2.45, 2.75) is 26.8 Å². The van der Waals surface area contributed by atoms with E-state index >= 15 is 0 Å². The molecule has 1 N–H and O–H groups in total. The number of piperazine rings is 1. The number of hydrogen-bond donors (Lipinski definition) is 1. The number of esters is 1. The van der Waals surface area contributed by atoms with Gasteiger partial charge < -0.3 is 24.6 Å². The summed E-state index contributed by atoms with van der Waals surface area (Å²) in [7, 11) is 2.70. The topological polar surface area (TPSA) is 88.2 Å². The van der Waals surface area contributed by atoms with E-state index in [0.29, 0.717) is 37.4 Å². The third-order valence-electron chi connectivity index (χ3n) is 4.72. The Morgan fingerprint density at radius 1 is 1.00 bits per heavy atom. The molecular formula is C20H29N3O5. The van der Waals surface area contributed by atoms with E-state index in [-0.39, 0.29) is 23.4 Å². The zero-order valence-corrected chi connectivity index (χ0v) is 17.2. The van der Waals surface area contributed by atoms with Gasteiger partial charge in [0.2, 0.25) is 0 Å². The molecule has 28 heavy (non-hydrogen) atoms. The summed E-state index contributed by atoms with van der Waals surface area (Å²) in [6, 6.07) is 6.51. The number of nitrogens with one attached hydrogen (secondary N) is 1. The molecule has 1 aliphatic heterocycles. The smallest absolute Gasteiger partial charge is 0.409 e. The van der Waals surface area contributed by atoms with E-state index in [9.17, 15) is 14.4 Å². The van der Waals surface area contributed by atoms with E-state index in [2.05, 4.69) is 5.32 Å². The molecule has 1 heterocycles. The van der Waals surface area contributed by atoms with Crippen LogP contribution in [0, 0.1) is 5.41 Å². The van der Waals surface area contributed by atoms with Crippen molar-refractivity contribution in [1.82, 2.24) is 9.80 Å². The number of methoxy groups -OCH3 is 2. The van der Waals surface area contributed by atoms with Gasteiger partial charge in [0.25, 0.3) is 5.91 Å². The van der Waals surface area contributed by atoms with Crippen LogP contribution in [-0.2, 0) is 14.3 Å². The Morgan fingerprint density at radius 2 is 1.61 bits per heavy atom. The molecule has 2 amide bonds. The summed E-state index contributed by atoms with van der Waals surface area (Å²) in [5.74, 6) is -0.471. The van der Waals surface area contributed by atoms with Crippen LogP contribution in [-0.4, -0.2) is 74.2 Å². The maximum Gasteiger partial charge on any atom is 0.409 e. The average molecular weight is 391 g/mol. The number of ether oxygens (including phenoxy) is 2. The van der Waals surface area contributed by atoms with Crippen molar-refractivity contribution in [3.05, 3.63) is 29.8 Å². The molecule has 2 rings (SSSR count). The Labute approximate surface area is 165 Å². The largest absolute Gasteiger partial charge is 0.467 e. The molecule has 1 aromatic carbocycles. The number of carbonyl (C=O) groups excluding carboxylic acids is 3. The molecule has 1 saturated heterocycles. The fraction of sp³-hybridized carbons (Fsp3) is 0.550. The molecule has 0 bridgehead atoms. The van der Waals surface area contributed by atoms with Gasteiger partial charge in [0.05, 0.1) is 14.2 Å². The lowest BCUT2D eigenvalue weighted by Gasteiger charge is -2.34. The van der Waals surface area contributed by atoms with Gasteiger partial charge >= 0.3 is 12.1 Å². The van der Waals surface area contributed by atoms with Crippen LogP contribution in [0.2, 0.25) is 0 Å². The Morgan fingerprint density at radius 3 is 2.14 bits per heavy atom. The van der Waals surface area contributed by atoms with E-state index in [0.717, 1.165) is 0 Å². The summed E-state index contributed by atoms with van der Waals surface area (Å²) < 4.78 is 9.62. The van der Waals surface area contributed by atoms with Crippen LogP contribution >= 0.6 is 0 Å². The van der Waals surface area contributed by atoms with Crippen molar-refractivity contribution in [2.75, 3.05) is 45.7 Å². The predicted molar refractivity (Wildman–Crippen MR) is 105 cm³/mol. The quantitative estimate of drug-likeness (QED) is 0.792. The van der Waals surface area contributed by atoms with E-state index in [1.807, 2.05) is 26.8 Å². The first kappa shape index (κ1) is 21.5. The molecule has 1 fully saturated rings. The standard InChI is InChI=1S/C20H29N3O5/c1-20(2,3)16(18(25)27-4)21-15-8-6-7-14(13-15)17(24)22-9-11-23(12-10-22)19(26)28-5/h6-8,13,16,21H,9-12H2,1-5H3. The summed E-state index contributed by atoms with van der Waals surface area (Å²) in [5, 5.41) is 3.18. The monoisotopic (exact) mass is 391 g/mol. The fourth-order valence-corrected chi connectivity index (χ4v) is 3.06. The molecule has 0 saturated carbocycles. The number of benzene rings is 1. The maximum absolute atomic E-state index is 12.8. The Bertz CT molecular complexity index is 721. The lowest BCUT2D eigenvalue weighted by atomic mass is 9.86. The first-order chi connectivity index (χ1) is 13.2. The summed E-state index contributed by atoms with van der Waals surface area (Å²) in [6.07, 6.45) is -0.380. The van der Waals surface area contributed by atoms with Crippen molar-refractivity contribution in [3.8, 4) is 0 Å². The molecule has 1 atom stereocenters. The minimum absolute atomic E-state index is 0.112. The van der Waals surface area contributed by atoms with Gasteiger partial charge in [-0.05, 0) is 23.6 Å². The van der Waals surface area contributed by atoms with Crippen molar-refractivity contribution in [2.24, 2.45) is 5.41 Å². The van der Waals surface area contributed by atoms with Crippen molar-refractivity contribution in [3.63, 3.8) is 0 Å². The van der Waals surface area contributed by atoms with Gasteiger partial charge in [-0.15, -0.1) is 0 Å². The van der Waals surface area contributed by atoms with Crippen LogP contribution in [0.1, 0.15) is 31.1 Å². The third-order valence-corrected chi connectivity index (χ3v) is 4.72. The number of amides is 2. The highest BCUT2D eigenvalue weighted by atomic mass is 16.5. The van der Waals surface area contributed by atoms with Crippen LogP contribution in [0.25, 0.3) is 0 Å². The van der Waals surface area contributed by atoms with Gasteiger partial charge in [-0.3, -0.25) is 4.79 Å². The van der Waals surface area contributed by atoms with E-state index < -0.39 is 6.04 Å². The highest BCUT2D eigenvalue weighted by Crippen LogP contribution is 2.25. The zero-order chi connectivity index (χ0) is 20.9. The SMILES string of the molecule is COC(=O)C(Nc1cccc(C(=O)N2CCN(C(=O)OC)CC2)c1)C(C)(C)C. The molecule has 1 aromatic rings. The van der Waals surface area contributed by atoms with Crippen molar-refractivity contribution >= 4 is 23.7 Å². The van der Waals surface area contributed by atoms with Gasteiger partial charge in [-0.25, -0.2) is 9.59 Å². The highest BCUT2D eigenvalue weighted by Gasteiger charge is 2.32. The van der Waals surface area contributed by atoms with Crippen molar-refractivity contribution in [1.29, 1.82) is 0 Å². The van der Waals surface area contributed by atoms with Crippen LogP contribution in [0.3, 0.4) is 0 Å². The van der Waals surface area contributed by atoms with E-state index in [4.69, 9.17) is 9.47 Å². The van der Waals surface area contributed by atoms with E-state index in [1.165, 1.54) is 14.2 Å². The molecule has 154 valence electrons. The molecular weight excluding hydrogens is 362 g/mol. The highest BCUT2D eigenvalue weighted by molar-refractivity contribution is 5.95. The lowest BCUT2D eigenvalue weighted by molar-refractivity contribution is -0.143. The number of anilines is 1. The molecule has 0 aromatic heterocycles. The maximum atomic E-state index is 12.8. The summed E-state index contributed by atoms with van der Waals surface area (Å²) in [5.41, 5.74) is 0.829. The third kappa shape index (κ3) is 5.15. The van der Waals surface area contributed by atoms with Gasteiger partial charge in [0.1, 0.15) is 6.04 Å². The Kier molecular flexibility index (Phi) is 6.88. The normalized spacial score (nSPS) is 15.6. The molecule has 0 spiro atoms. The lowest BCUT2D eigenvalue weighted by Crippen LogP contribution is -2.50. The number of hydrogen-bond acceptors (Lipinski definition) is 6. The second-order valence-corrected chi connectivity index (χ2v) is 7.80. The van der Waals surface area contributed by atoms with Crippen molar-refractivity contribution < 1.29 is 23.9 Å². The Hall–Kier alpha value is -2.77. The van der Waals surface area contributed by atoms with Crippen LogP contribution in [0.5, 0.6) is 0 Å². The van der Waals surface area contributed by atoms with Crippen LogP contribution in [0.15, 0.2) is 24.3 Å². The number of carbonyl (C=O) groups is 3. The molecule has 0 radical (unpaired) electrons. The molecule has 0 aliphatic carbocycles. The summed E-state index contributed by atoms with van der Waals surface area (Å²) in [4.78, 5) is 39.8. The molecule has 8 nitrogen and oxygen atoms in total. The minimum atomic E-state index is -0.550. The van der Waals surface area contributed by atoms with E-state index in [1.54, 1.807) is 28.0 Å². The first-order valence-electron chi connectivity index (χ1n) is 9.24. The number of rotatable bonds is 4. The molecule has 1 aliphatic rings. The van der Waals surface area contributed by atoms with Gasteiger partial charge in [-0.1, -0.05) is 26.8 Å².